The molecular formula is C20H23NO2. The molecule has 2 aromatic rings. The van der Waals surface area contributed by atoms with Crippen LogP contribution < -0.4 is 5.32 Å². The highest BCUT2D eigenvalue weighted by Crippen LogP contribution is 2.23. The van der Waals surface area contributed by atoms with Crippen LogP contribution in [0.1, 0.15) is 49.2 Å². The van der Waals surface area contributed by atoms with E-state index in [-0.39, 0.29) is 11.0 Å². The molecule has 23 heavy (non-hydrogen) atoms. The van der Waals surface area contributed by atoms with Gasteiger partial charge in [0.25, 0.3) is 0 Å². The molecule has 0 bridgehead atoms. The maximum atomic E-state index is 11.2. The third-order valence-electron chi connectivity index (χ3n) is 3.65. The first-order valence-corrected chi connectivity index (χ1v) is 7.65. The van der Waals surface area contributed by atoms with Crippen molar-refractivity contribution < 1.29 is 9.90 Å². The maximum absolute atomic E-state index is 11.2. The predicted octanol–water partition coefficient (Wildman–Crippen LogP) is 5.16. The highest BCUT2D eigenvalue weighted by molar-refractivity contribution is 5.94. The van der Waals surface area contributed by atoms with Crippen molar-refractivity contribution in [2.45, 2.75) is 33.1 Å². The van der Waals surface area contributed by atoms with Gasteiger partial charge in [-0.2, -0.15) is 0 Å². The minimum absolute atomic E-state index is 0.135. The highest BCUT2D eigenvalue weighted by Gasteiger charge is 2.12. The summed E-state index contributed by atoms with van der Waals surface area (Å²) in [5.41, 5.74) is 4.26. The second-order valence-electron chi connectivity index (χ2n) is 6.68. The minimum Gasteiger partial charge on any atom is -0.478 e. The molecule has 0 aliphatic carbocycles. The van der Waals surface area contributed by atoms with Crippen LogP contribution in [0.3, 0.4) is 0 Å². The summed E-state index contributed by atoms with van der Waals surface area (Å²) in [5.74, 6) is -0.935. The lowest BCUT2D eigenvalue weighted by molar-refractivity contribution is 0.0698. The van der Waals surface area contributed by atoms with Crippen LogP contribution in [0.15, 0.2) is 54.2 Å². The number of para-hydroxylation sites is 1. The smallest absolute Gasteiger partial charge is 0.337 e. The van der Waals surface area contributed by atoms with Crippen LogP contribution in [-0.2, 0) is 5.41 Å². The van der Waals surface area contributed by atoms with Crippen LogP contribution in [-0.4, -0.2) is 11.1 Å². The quantitative estimate of drug-likeness (QED) is 0.820. The Kier molecular flexibility index (Phi) is 4.89. The number of aromatic carboxylic acids is 1. The number of allylic oxidation sites excluding steroid dienone is 1. The average Bonchev–Trinajstić information content (AvgIpc) is 2.47. The number of carbonyl (C=O) groups is 1. The molecule has 0 spiro atoms. The van der Waals surface area contributed by atoms with Gasteiger partial charge in [-0.25, -0.2) is 4.79 Å². The molecule has 2 N–H and O–H groups in total. The van der Waals surface area contributed by atoms with E-state index in [0.717, 1.165) is 11.3 Å². The van der Waals surface area contributed by atoms with Crippen LogP contribution in [0.2, 0.25) is 0 Å². The molecule has 0 heterocycles. The standard InChI is InChI=1S/C20H23NO2/c1-14(21-18-8-6-5-7-17(18)19(22)23)13-15-9-11-16(12-10-15)20(2,3)4/h5-13,21H,1-4H3,(H,22,23). The Bertz CT molecular complexity index is 722. The summed E-state index contributed by atoms with van der Waals surface area (Å²) >= 11 is 0. The first kappa shape index (κ1) is 16.8. The number of nitrogens with one attached hydrogen (secondary N) is 1. The van der Waals surface area contributed by atoms with E-state index in [1.807, 2.05) is 19.1 Å². The summed E-state index contributed by atoms with van der Waals surface area (Å²) in [6, 6.07) is 15.3. The Morgan fingerprint density at radius 3 is 2.22 bits per heavy atom. The van der Waals surface area contributed by atoms with E-state index < -0.39 is 5.97 Å². The van der Waals surface area contributed by atoms with Gasteiger partial charge in [0.1, 0.15) is 0 Å². The molecule has 0 aliphatic rings. The summed E-state index contributed by atoms with van der Waals surface area (Å²) < 4.78 is 0. The molecule has 0 aromatic heterocycles. The molecule has 0 saturated carbocycles. The first-order chi connectivity index (χ1) is 10.8. The normalized spacial score (nSPS) is 12.1. The van der Waals surface area contributed by atoms with Crippen LogP contribution >= 0.6 is 0 Å². The number of carboxylic acids is 1. The van der Waals surface area contributed by atoms with Gasteiger partial charge in [0.15, 0.2) is 0 Å². The predicted molar refractivity (Wildman–Crippen MR) is 95.8 cm³/mol. The first-order valence-electron chi connectivity index (χ1n) is 7.65. The molecule has 0 radical (unpaired) electrons. The second-order valence-corrected chi connectivity index (χ2v) is 6.68. The molecule has 0 aliphatic heterocycles. The van der Waals surface area contributed by atoms with Crippen LogP contribution in [0.4, 0.5) is 5.69 Å². The number of hydrogen-bond acceptors (Lipinski definition) is 2. The van der Waals surface area contributed by atoms with Crippen molar-refractivity contribution in [2.24, 2.45) is 0 Å². The Hall–Kier alpha value is -2.55. The molecule has 3 heteroatoms. The summed E-state index contributed by atoms with van der Waals surface area (Å²) in [6.45, 7) is 8.49. The fourth-order valence-corrected chi connectivity index (χ4v) is 2.36. The zero-order valence-electron chi connectivity index (χ0n) is 14.1. The fraction of sp³-hybridized carbons (Fsp3) is 0.250. The lowest BCUT2D eigenvalue weighted by atomic mass is 9.87. The van der Waals surface area contributed by atoms with Crippen molar-refractivity contribution in [3.8, 4) is 0 Å². The van der Waals surface area contributed by atoms with Gasteiger partial charge in [-0.3, -0.25) is 0 Å². The molecular weight excluding hydrogens is 286 g/mol. The lowest BCUT2D eigenvalue weighted by Crippen LogP contribution is -2.10. The topological polar surface area (TPSA) is 49.3 Å². The summed E-state index contributed by atoms with van der Waals surface area (Å²) in [4.78, 5) is 11.2. The minimum atomic E-state index is -0.935. The number of hydrogen-bond donors (Lipinski definition) is 2. The second kappa shape index (κ2) is 6.69. The van der Waals surface area contributed by atoms with Gasteiger partial charge < -0.3 is 10.4 Å². The van der Waals surface area contributed by atoms with E-state index >= 15 is 0 Å². The third-order valence-corrected chi connectivity index (χ3v) is 3.65. The lowest BCUT2D eigenvalue weighted by Gasteiger charge is -2.18. The third kappa shape index (κ3) is 4.46. The SMILES string of the molecule is CC(=Cc1ccc(C(C)(C)C)cc1)Nc1ccccc1C(=O)O. The molecule has 0 atom stereocenters. The molecule has 2 rings (SSSR count). The molecule has 120 valence electrons. The van der Waals surface area contributed by atoms with Gasteiger partial charge in [0, 0.05) is 5.70 Å². The molecule has 0 fully saturated rings. The van der Waals surface area contributed by atoms with Crippen molar-refractivity contribution in [3.05, 3.63) is 70.9 Å². The van der Waals surface area contributed by atoms with Crippen molar-refractivity contribution >= 4 is 17.7 Å². The molecule has 2 aromatic carbocycles. The fourth-order valence-electron chi connectivity index (χ4n) is 2.36. The summed E-state index contributed by atoms with van der Waals surface area (Å²) in [6.07, 6.45) is 2.01. The number of benzene rings is 2. The van der Waals surface area contributed by atoms with Gasteiger partial charge in [-0.1, -0.05) is 57.2 Å². The van der Waals surface area contributed by atoms with Gasteiger partial charge in [0.05, 0.1) is 11.3 Å². The van der Waals surface area contributed by atoms with Crippen LogP contribution in [0.5, 0.6) is 0 Å². The maximum Gasteiger partial charge on any atom is 0.337 e. The Labute approximate surface area is 137 Å². The highest BCUT2D eigenvalue weighted by atomic mass is 16.4. The number of rotatable bonds is 4. The van der Waals surface area contributed by atoms with Crippen LogP contribution in [0, 0.1) is 0 Å². The Morgan fingerprint density at radius 2 is 1.65 bits per heavy atom. The Morgan fingerprint density at radius 1 is 1.04 bits per heavy atom. The van der Waals surface area contributed by atoms with Crippen LogP contribution in [0.25, 0.3) is 6.08 Å². The number of carboxylic acid groups (broad SMARTS) is 1. The molecule has 0 saturated heterocycles. The molecule has 0 amide bonds. The van der Waals surface area contributed by atoms with E-state index in [4.69, 9.17) is 0 Å². The van der Waals surface area contributed by atoms with E-state index in [1.165, 1.54) is 5.56 Å². The zero-order chi connectivity index (χ0) is 17.0. The largest absolute Gasteiger partial charge is 0.478 e. The van der Waals surface area contributed by atoms with E-state index in [1.54, 1.807) is 18.2 Å². The van der Waals surface area contributed by atoms with Crippen molar-refractivity contribution in [2.75, 3.05) is 5.32 Å². The zero-order valence-corrected chi connectivity index (χ0v) is 14.1. The van der Waals surface area contributed by atoms with Gasteiger partial charge in [-0.15, -0.1) is 0 Å². The average molecular weight is 309 g/mol. The Balaban J connectivity index is 2.19. The van der Waals surface area contributed by atoms with E-state index in [0.29, 0.717) is 5.69 Å². The molecule has 0 unspecified atom stereocenters. The van der Waals surface area contributed by atoms with Crippen molar-refractivity contribution in [1.82, 2.24) is 0 Å². The van der Waals surface area contributed by atoms with E-state index in [2.05, 4.69) is 50.4 Å². The summed E-state index contributed by atoms with van der Waals surface area (Å²) in [5, 5.41) is 12.4. The van der Waals surface area contributed by atoms with Gasteiger partial charge in [0.2, 0.25) is 0 Å². The van der Waals surface area contributed by atoms with Crippen molar-refractivity contribution in [1.29, 1.82) is 0 Å². The van der Waals surface area contributed by atoms with Crippen molar-refractivity contribution in [3.63, 3.8) is 0 Å². The molecule has 3 nitrogen and oxygen atoms in total. The van der Waals surface area contributed by atoms with Gasteiger partial charge in [-0.05, 0) is 41.7 Å². The summed E-state index contributed by atoms with van der Waals surface area (Å²) in [7, 11) is 0. The monoisotopic (exact) mass is 309 g/mol. The van der Waals surface area contributed by atoms with E-state index in [9.17, 15) is 9.90 Å². The van der Waals surface area contributed by atoms with Gasteiger partial charge >= 0.3 is 5.97 Å². The number of anilines is 1.